The van der Waals surface area contributed by atoms with Gasteiger partial charge < -0.3 is 5.11 Å². The Hall–Kier alpha value is -1.65. The molecule has 5 heteroatoms. The maximum absolute atomic E-state index is 11.5. The van der Waals surface area contributed by atoms with E-state index in [1.54, 1.807) is 20.8 Å². The molecule has 1 rings (SSSR count). The van der Waals surface area contributed by atoms with Gasteiger partial charge in [-0.2, -0.15) is 0 Å². The number of aromatic nitrogens is 1. The van der Waals surface area contributed by atoms with Crippen molar-refractivity contribution in [1.82, 2.24) is 4.68 Å². The van der Waals surface area contributed by atoms with Crippen molar-refractivity contribution >= 4 is 5.97 Å². The first-order valence-corrected chi connectivity index (χ1v) is 4.32. The second kappa shape index (κ2) is 3.61. The maximum atomic E-state index is 11.5. The maximum Gasteiger partial charge on any atom is 0.337 e. The summed E-state index contributed by atoms with van der Waals surface area (Å²) in [5, 5.41) is 8.71. The minimum atomic E-state index is -1.02. The van der Waals surface area contributed by atoms with Crippen molar-refractivity contribution in [2.24, 2.45) is 0 Å². The number of hydrogen-bond acceptors (Lipinski definition) is 2. The number of aromatic carboxylic acids is 1. The summed E-state index contributed by atoms with van der Waals surface area (Å²) in [7, 11) is 0. The molecule has 0 bridgehead atoms. The lowest BCUT2D eigenvalue weighted by Gasteiger charge is -1.97. The smallest absolute Gasteiger partial charge is 0.337 e. The van der Waals surface area contributed by atoms with Crippen LogP contribution < -0.4 is 0 Å². The number of nitrogens with zero attached hydrogens (tertiary/aromatic N) is 2. The molecule has 0 fully saturated rings. The van der Waals surface area contributed by atoms with E-state index in [4.69, 9.17) is 5.11 Å². The van der Waals surface area contributed by atoms with Crippen molar-refractivity contribution < 1.29 is 14.8 Å². The van der Waals surface area contributed by atoms with E-state index in [2.05, 4.69) is 0 Å². The largest absolute Gasteiger partial charge is 0.478 e. The first-order chi connectivity index (χ1) is 6.43. The van der Waals surface area contributed by atoms with Gasteiger partial charge in [0.25, 0.3) is 0 Å². The zero-order valence-electron chi connectivity index (χ0n) is 8.39. The Morgan fingerprint density at radius 2 is 2.14 bits per heavy atom. The number of aryl methyl sites for hydroxylation is 1. The molecule has 76 valence electrons. The molecule has 1 aromatic rings. The van der Waals surface area contributed by atoms with Crippen molar-refractivity contribution in [2.75, 3.05) is 0 Å². The van der Waals surface area contributed by atoms with E-state index in [0.717, 1.165) is 4.87 Å². The van der Waals surface area contributed by atoms with Gasteiger partial charge in [-0.25, -0.2) is 4.79 Å². The molecule has 14 heavy (non-hydrogen) atoms. The van der Waals surface area contributed by atoms with E-state index < -0.39 is 5.97 Å². The number of carbonyl (C=O) groups is 1. The number of carboxylic acids is 1. The molecule has 0 spiro atoms. The van der Waals surface area contributed by atoms with E-state index in [9.17, 15) is 9.70 Å². The number of carboxylic acid groups (broad SMARTS) is 1. The lowest BCUT2D eigenvalue weighted by molar-refractivity contribution is -0.633. The summed E-state index contributed by atoms with van der Waals surface area (Å²) in [5.41, 5.74) is 0.745. The molecule has 0 amide bonds. The highest BCUT2D eigenvalue weighted by Gasteiger charge is 2.21. The average Bonchev–Trinajstić information content (AvgIpc) is 2.46. The number of nitroso groups, excluding NO2 is 1. The normalized spacial score (nSPS) is 10.6. The second-order valence-corrected chi connectivity index (χ2v) is 3.42. The van der Waals surface area contributed by atoms with Crippen LogP contribution >= 0.6 is 0 Å². The molecule has 1 heterocycles. The van der Waals surface area contributed by atoms with Crippen LogP contribution in [-0.2, 0) is 0 Å². The lowest BCUT2D eigenvalue weighted by Crippen LogP contribution is -2.23. The lowest BCUT2D eigenvalue weighted by atomic mass is 10.3. The Balaban J connectivity index is 3.11. The van der Waals surface area contributed by atoms with E-state index in [-0.39, 0.29) is 11.6 Å². The molecule has 0 aliphatic carbocycles. The zero-order chi connectivity index (χ0) is 10.9. The number of rotatable bonds is 3. The summed E-state index contributed by atoms with van der Waals surface area (Å²) in [6, 6.07) is 1.25. The van der Waals surface area contributed by atoms with Crippen LogP contribution in [0.1, 0.15) is 29.9 Å². The second-order valence-electron chi connectivity index (χ2n) is 3.42. The fraction of sp³-hybridized carbons (Fsp3) is 0.444. The fourth-order valence-electron chi connectivity index (χ4n) is 1.14. The third kappa shape index (κ3) is 1.81. The quantitative estimate of drug-likeness (QED) is 0.746. The fourth-order valence-corrected chi connectivity index (χ4v) is 1.14. The van der Waals surface area contributed by atoms with Gasteiger partial charge in [-0.3, -0.25) is 0 Å². The molecular weight excluding hydrogens is 184 g/mol. The standard InChI is InChI=1S/C9H12N2O3/c1-6(2)11(14)10-5-8(9(12)13)4-7(10)3/h4-6H,1-3H3/p+1. The molecule has 0 aliphatic rings. The van der Waals surface area contributed by atoms with Crippen LogP contribution in [0.2, 0.25) is 0 Å². The van der Waals surface area contributed by atoms with Crippen LogP contribution in [0.25, 0.3) is 0 Å². The minimum absolute atomic E-state index is 0.129. The van der Waals surface area contributed by atoms with Crippen LogP contribution in [0.15, 0.2) is 12.3 Å². The molecular formula is C9H13N2O3+. The molecule has 0 saturated carbocycles. The molecule has 0 unspecified atom stereocenters. The summed E-state index contributed by atoms with van der Waals surface area (Å²) in [6.45, 7) is 5.18. The highest BCUT2D eigenvalue weighted by molar-refractivity contribution is 5.87. The topological polar surface area (TPSA) is 62.3 Å². The van der Waals surface area contributed by atoms with Crippen LogP contribution in [-0.4, -0.2) is 26.7 Å². The molecule has 0 saturated heterocycles. The highest BCUT2D eigenvalue weighted by atomic mass is 16.4. The molecule has 1 N–H and O–H groups in total. The van der Waals surface area contributed by atoms with Crippen LogP contribution in [0.3, 0.4) is 0 Å². The summed E-state index contributed by atoms with van der Waals surface area (Å²) in [5.74, 6) is -1.02. The van der Waals surface area contributed by atoms with Crippen molar-refractivity contribution in [1.29, 1.82) is 0 Å². The van der Waals surface area contributed by atoms with Crippen LogP contribution in [0.5, 0.6) is 0 Å². The summed E-state index contributed by atoms with van der Waals surface area (Å²) in [6.07, 6.45) is 1.32. The molecule has 0 aliphatic heterocycles. The highest BCUT2D eigenvalue weighted by Crippen LogP contribution is 2.08. The average molecular weight is 197 g/mol. The SMILES string of the molecule is Cc1cc(C(=O)O)cn1[N+](=O)C(C)C. The Bertz CT molecular complexity index is 379. The molecule has 0 radical (unpaired) electrons. The van der Waals surface area contributed by atoms with Gasteiger partial charge in [-0.1, -0.05) is 4.68 Å². The third-order valence-corrected chi connectivity index (χ3v) is 1.89. The Morgan fingerprint density at radius 1 is 1.57 bits per heavy atom. The molecule has 5 nitrogen and oxygen atoms in total. The van der Waals surface area contributed by atoms with E-state index in [1.807, 2.05) is 0 Å². The Kier molecular flexibility index (Phi) is 2.69. The van der Waals surface area contributed by atoms with Gasteiger partial charge in [0.15, 0.2) is 0 Å². The first-order valence-electron chi connectivity index (χ1n) is 4.32. The summed E-state index contributed by atoms with van der Waals surface area (Å²) < 4.78 is 1.30. The van der Waals surface area contributed by atoms with E-state index >= 15 is 0 Å². The van der Waals surface area contributed by atoms with Gasteiger partial charge in [0, 0.05) is 13.8 Å². The van der Waals surface area contributed by atoms with Gasteiger partial charge in [0.05, 0.1) is 22.4 Å². The van der Waals surface area contributed by atoms with Gasteiger partial charge in [-0.15, -0.1) is 0 Å². The van der Waals surface area contributed by atoms with Crippen LogP contribution in [0.4, 0.5) is 0 Å². The van der Waals surface area contributed by atoms with E-state index in [0.29, 0.717) is 5.69 Å². The van der Waals surface area contributed by atoms with Gasteiger partial charge in [0.1, 0.15) is 4.87 Å². The van der Waals surface area contributed by atoms with Gasteiger partial charge in [-0.05, 0) is 13.0 Å². The Labute approximate surface area is 81.5 Å². The van der Waals surface area contributed by atoms with E-state index in [1.165, 1.54) is 16.9 Å². The number of hydrogen-bond donors (Lipinski definition) is 1. The first kappa shape index (κ1) is 10.4. The summed E-state index contributed by atoms with van der Waals surface area (Å²) >= 11 is 0. The molecule has 0 atom stereocenters. The molecule has 1 aromatic heterocycles. The van der Waals surface area contributed by atoms with Crippen molar-refractivity contribution in [3.63, 3.8) is 0 Å². The predicted molar refractivity (Wildman–Crippen MR) is 50.3 cm³/mol. The van der Waals surface area contributed by atoms with Gasteiger partial charge in [0.2, 0.25) is 6.04 Å². The van der Waals surface area contributed by atoms with Crippen molar-refractivity contribution in [2.45, 2.75) is 26.8 Å². The van der Waals surface area contributed by atoms with Gasteiger partial charge >= 0.3 is 5.97 Å². The van der Waals surface area contributed by atoms with Crippen LogP contribution in [0, 0.1) is 11.8 Å². The third-order valence-electron chi connectivity index (χ3n) is 1.89. The summed E-state index contributed by atoms with van der Waals surface area (Å²) in [4.78, 5) is 22.9. The minimum Gasteiger partial charge on any atom is -0.478 e. The zero-order valence-corrected chi connectivity index (χ0v) is 8.39. The predicted octanol–water partition coefficient (Wildman–Crippen LogP) is 1.45. The monoisotopic (exact) mass is 197 g/mol. The Morgan fingerprint density at radius 3 is 2.50 bits per heavy atom. The van der Waals surface area contributed by atoms with Crippen molar-refractivity contribution in [3.05, 3.63) is 28.4 Å². The van der Waals surface area contributed by atoms with Crippen molar-refractivity contribution in [3.8, 4) is 0 Å². The molecule has 0 aromatic carbocycles.